The zero-order valence-electron chi connectivity index (χ0n) is 16.9. The van der Waals surface area contributed by atoms with E-state index in [0.717, 1.165) is 32.8 Å². The Hall–Kier alpha value is -3.36. The fraction of sp³-hybridized carbons (Fsp3) is 0.304. The van der Waals surface area contributed by atoms with Crippen molar-refractivity contribution in [2.75, 3.05) is 51.6 Å². The standard InChI is InChI=1S/C23H22N2O6/c26-18-13-17(24-15-4-5-19-21(12-15)31-14-30-19)23(27)16-2-1-3-20(22(16)18)29-11-8-25-6-9-28-10-7-25/h1-5,12-13,24H,6-11,14H2. The van der Waals surface area contributed by atoms with Crippen molar-refractivity contribution in [1.29, 1.82) is 0 Å². The molecule has 0 spiro atoms. The smallest absolute Gasteiger partial charge is 0.231 e. The molecule has 0 bridgehead atoms. The maximum Gasteiger partial charge on any atom is 0.231 e. The van der Waals surface area contributed by atoms with Crippen LogP contribution in [0.4, 0.5) is 5.69 Å². The molecule has 0 atom stereocenters. The minimum absolute atomic E-state index is 0.167. The van der Waals surface area contributed by atoms with E-state index in [2.05, 4.69) is 10.2 Å². The molecule has 5 rings (SSSR count). The van der Waals surface area contributed by atoms with Crippen molar-refractivity contribution < 1.29 is 28.5 Å². The first-order chi connectivity index (χ1) is 15.2. The molecule has 0 unspecified atom stereocenters. The van der Waals surface area contributed by atoms with Crippen LogP contribution in [0.25, 0.3) is 0 Å². The van der Waals surface area contributed by atoms with E-state index in [4.69, 9.17) is 18.9 Å². The van der Waals surface area contributed by atoms with Gasteiger partial charge in [0.15, 0.2) is 17.3 Å². The van der Waals surface area contributed by atoms with Gasteiger partial charge in [-0.15, -0.1) is 0 Å². The number of nitrogens with zero attached hydrogens (tertiary/aromatic N) is 1. The van der Waals surface area contributed by atoms with Gasteiger partial charge >= 0.3 is 0 Å². The number of Topliss-reactive ketones (excluding diaryl/α,β-unsaturated/α-hetero) is 1. The molecule has 0 aromatic heterocycles. The number of carbonyl (C=O) groups is 2. The highest BCUT2D eigenvalue weighted by Gasteiger charge is 2.29. The molecule has 3 aliphatic rings. The Balaban J connectivity index is 1.31. The maximum absolute atomic E-state index is 13.1. The van der Waals surface area contributed by atoms with Crippen LogP contribution in [0.15, 0.2) is 48.2 Å². The molecule has 2 heterocycles. The third kappa shape index (κ3) is 3.99. The topological polar surface area (TPSA) is 86.3 Å². The van der Waals surface area contributed by atoms with Crippen LogP contribution >= 0.6 is 0 Å². The monoisotopic (exact) mass is 422 g/mol. The van der Waals surface area contributed by atoms with Gasteiger partial charge < -0.3 is 24.3 Å². The number of morpholine rings is 1. The highest BCUT2D eigenvalue weighted by atomic mass is 16.7. The summed E-state index contributed by atoms with van der Waals surface area (Å²) < 4.78 is 21.9. The van der Waals surface area contributed by atoms with Gasteiger partial charge in [0.2, 0.25) is 12.6 Å². The summed E-state index contributed by atoms with van der Waals surface area (Å²) in [4.78, 5) is 28.2. The number of rotatable bonds is 6. The summed E-state index contributed by atoms with van der Waals surface area (Å²) in [5.74, 6) is 1.15. The number of nitrogens with one attached hydrogen (secondary N) is 1. The average molecular weight is 422 g/mol. The number of hydrogen-bond donors (Lipinski definition) is 1. The molecule has 2 aromatic rings. The number of allylic oxidation sites excluding steroid dienone is 2. The normalized spacial score (nSPS) is 17.9. The van der Waals surface area contributed by atoms with Crippen molar-refractivity contribution >= 4 is 17.3 Å². The molecule has 1 aliphatic carbocycles. The second kappa shape index (κ2) is 8.41. The van der Waals surface area contributed by atoms with Gasteiger partial charge in [-0.2, -0.15) is 0 Å². The number of ether oxygens (including phenoxy) is 4. The number of fused-ring (bicyclic) bond motifs is 2. The van der Waals surface area contributed by atoms with Gasteiger partial charge in [0.1, 0.15) is 12.4 Å². The second-order valence-corrected chi connectivity index (χ2v) is 7.43. The van der Waals surface area contributed by atoms with Crippen molar-refractivity contribution in [2.24, 2.45) is 0 Å². The first-order valence-electron chi connectivity index (χ1n) is 10.2. The van der Waals surface area contributed by atoms with Gasteiger partial charge in [0, 0.05) is 43.0 Å². The molecule has 31 heavy (non-hydrogen) atoms. The second-order valence-electron chi connectivity index (χ2n) is 7.43. The lowest BCUT2D eigenvalue weighted by Crippen LogP contribution is -2.38. The Morgan fingerprint density at radius 3 is 2.74 bits per heavy atom. The summed E-state index contributed by atoms with van der Waals surface area (Å²) in [6, 6.07) is 10.4. The van der Waals surface area contributed by atoms with Gasteiger partial charge in [-0.25, -0.2) is 0 Å². The molecule has 2 aliphatic heterocycles. The molecule has 0 radical (unpaired) electrons. The Kier molecular flexibility index (Phi) is 5.31. The largest absolute Gasteiger partial charge is 0.491 e. The van der Waals surface area contributed by atoms with E-state index in [1.54, 1.807) is 36.4 Å². The maximum atomic E-state index is 13.1. The third-order valence-corrected chi connectivity index (χ3v) is 5.46. The lowest BCUT2D eigenvalue weighted by Gasteiger charge is -2.26. The highest BCUT2D eigenvalue weighted by molar-refractivity contribution is 6.26. The minimum Gasteiger partial charge on any atom is -0.491 e. The molecular weight excluding hydrogens is 400 g/mol. The molecule has 1 fully saturated rings. The predicted molar refractivity (Wildman–Crippen MR) is 112 cm³/mol. The molecule has 8 nitrogen and oxygen atoms in total. The Morgan fingerprint density at radius 1 is 1.03 bits per heavy atom. The van der Waals surface area contributed by atoms with Gasteiger partial charge in [0.25, 0.3) is 0 Å². The number of anilines is 1. The summed E-state index contributed by atoms with van der Waals surface area (Å²) in [5, 5.41) is 3.03. The Labute approximate surface area is 179 Å². The number of carbonyl (C=O) groups excluding carboxylic acids is 2. The Bertz CT molecular complexity index is 1060. The first kappa shape index (κ1) is 19.6. The minimum atomic E-state index is -0.264. The van der Waals surface area contributed by atoms with Crippen molar-refractivity contribution in [3.05, 3.63) is 59.3 Å². The summed E-state index contributed by atoms with van der Waals surface area (Å²) in [5.41, 5.74) is 1.49. The zero-order chi connectivity index (χ0) is 21.2. The molecule has 0 amide bonds. The van der Waals surface area contributed by atoms with E-state index in [-0.39, 0.29) is 24.1 Å². The fourth-order valence-electron chi connectivity index (χ4n) is 3.84. The molecule has 8 heteroatoms. The third-order valence-electron chi connectivity index (χ3n) is 5.46. The van der Waals surface area contributed by atoms with Crippen LogP contribution in [0, 0.1) is 0 Å². The zero-order valence-corrected chi connectivity index (χ0v) is 16.9. The van der Waals surface area contributed by atoms with Crippen LogP contribution in [0.5, 0.6) is 17.2 Å². The van der Waals surface area contributed by atoms with Gasteiger partial charge in [-0.1, -0.05) is 6.07 Å². The highest BCUT2D eigenvalue weighted by Crippen LogP contribution is 2.35. The number of hydrogen-bond acceptors (Lipinski definition) is 8. The molecule has 160 valence electrons. The van der Waals surface area contributed by atoms with Crippen molar-refractivity contribution in [3.8, 4) is 17.2 Å². The molecule has 0 saturated carbocycles. The summed E-state index contributed by atoms with van der Waals surface area (Å²) in [7, 11) is 0. The van der Waals surface area contributed by atoms with Gasteiger partial charge in [-0.05, 0) is 24.3 Å². The van der Waals surface area contributed by atoms with E-state index in [1.807, 2.05) is 0 Å². The van der Waals surface area contributed by atoms with Crippen LogP contribution in [0.2, 0.25) is 0 Å². The van der Waals surface area contributed by atoms with Gasteiger partial charge in [-0.3, -0.25) is 14.5 Å². The van der Waals surface area contributed by atoms with Crippen LogP contribution < -0.4 is 19.5 Å². The molecule has 2 aromatic carbocycles. The lowest BCUT2D eigenvalue weighted by atomic mass is 9.91. The van der Waals surface area contributed by atoms with Crippen molar-refractivity contribution in [3.63, 3.8) is 0 Å². The summed E-state index contributed by atoms with van der Waals surface area (Å²) in [6.07, 6.45) is 1.32. The predicted octanol–water partition coefficient (Wildman–Crippen LogP) is 2.50. The summed E-state index contributed by atoms with van der Waals surface area (Å²) in [6.45, 7) is 4.51. The van der Waals surface area contributed by atoms with Crippen LogP contribution in [0.1, 0.15) is 20.7 Å². The van der Waals surface area contributed by atoms with E-state index in [1.165, 1.54) is 6.08 Å². The van der Waals surface area contributed by atoms with E-state index in [9.17, 15) is 9.59 Å². The lowest BCUT2D eigenvalue weighted by molar-refractivity contribution is 0.0322. The van der Waals surface area contributed by atoms with E-state index >= 15 is 0 Å². The van der Waals surface area contributed by atoms with Crippen molar-refractivity contribution in [1.82, 2.24) is 4.90 Å². The average Bonchev–Trinajstić information content (AvgIpc) is 3.26. The molecule has 1 saturated heterocycles. The summed E-state index contributed by atoms with van der Waals surface area (Å²) >= 11 is 0. The molecular formula is C23H22N2O6. The SMILES string of the molecule is O=C1C(Nc2ccc3c(c2)OCO3)=CC(=O)c2c(OCCN3CCOCC3)cccc21. The van der Waals surface area contributed by atoms with Crippen LogP contribution in [-0.2, 0) is 4.74 Å². The van der Waals surface area contributed by atoms with Crippen molar-refractivity contribution in [2.45, 2.75) is 0 Å². The quantitative estimate of drug-likeness (QED) is 0.760. The Morgan fingerprint density at radius 2 is 1.87 bits per heavy atom. The molecule has 1 N–H and O–H groups in total. The van der Waals surface area contributed by atoms with Crippen LogP contribution in [-0.4, -0.2) is 62.7 Å². The van der Waals surface area contributed by atoms with Crippen LogP contribution in [0.3, 0.4) is 0 Å². The number of benzene rings is 2. The fourth-order valence-corrected chi connectivity index (χ4v) is 3.84. The van der Waals surface area contributed by atoms with E-state index in [0.29, 0.717) is 40.7 Å². The number of ketones is 2. The van der Waals surface area contributed by atoms with Gasteiger partial charge in [0.05, 0.1) is 24.5 Å². The van der Waals surface area contributed by atoms with E-state index < -0.39 is 0 Å². The first-order valence-corrected chi connectivity index (χ1v) is 10.2.